The maximum atomic E-state index is 13.6. The summed E-state index contributed by atoms with van der Waals surface area (Å²) in [4.78, 5) is 53.6. The van der Waals surface area contributed by atoms with Gasteiger partial charge in [0.05, 0.1) is 21.9 Å². The molecule has 1 saturated carbocycles. The zero-order valence-corrected chi connectivity index (χ0v) is 27.5. The smallest absolute Gasteiger partial charge is 0.417 e. The van der Waals surface area contributed by atoms with Crippen LogP contribution in [0.1, 0.15) is 63.0 Å². The van der Waals surface area contributed by atoms with Gasteiger partial charge in [0.25, 0.3) is 0 Å². The van der Waals surface area contributed by atoms with Crippen molar-refractivity contribution in [3.8, 4) is 5.75 Å². The molecule has 1 unspecified atom stereocenters. The highest BCUT2D eigenvalue weighted by atomic mass is 35.5. The minimum atomic E-state index is -1.47. The molecule has 9 nitrogen and oxygen atoms in total. The highest BCUT2D eigenvalue weighted by molar-refractivity contribution is 7.99. The van der Waals surface area contributed by atoms with Gasteiger partial charge in [-0.2, -0.15) is 0 Å². The Kier molecular flexibility index (Phi) is 12.6. The van der Waals surface area contributed by atoms with Crippen LogP contribution in [-0.4, -0.2) is 62.9 Å². The van der Waals surface area contributed by atoms with E-state index in [9.17, 15) is 19.2 Å². The van der Waals surface area contributed by atoms with Crippen LogP contribution in [0.5, 0.6) is 5.75 Å². The number of carbonyl (C=O) groups excluding carboxylic acids is 4. The van der Waals surface area contributed by atoms with Gasteiger partial charge in [0, 0.05) is 23.0 Å². The summed E-state index contributed by atoms with van der Waals surface area (Å²) in [5, 5.41) is 1.23. The fraction of sp³-hybridized carbons (Fsp3) is 0.500. The van der Waals surface area contributed by atoms with Gasteiger partial charge in [0.15, 0.2) is 0 Å². The SMILES string of the molecule is CC(C[C@]([Si])(C=O)NC(=O)[C@H](CC1CCCCC1)SNC(=O)OCc1cccc(Cl)c1)C(=O)N1CCOc2ccccc2C1. The number of nitrogens with zero attached hydrogens (tertiary/aromatic N) is 1. The molecule has 0 bridgehead atoms. The van der Waals surface area contributed by atoms with Crippen LogP contribution in [0.3, 0.4) is 0 Å². The number of halogens is 1. The number of nitrogens with one attached hydrogen (secondary N) is 2. The average Bonchev–Trinajstić information content (AvgIpc) is 3.24. The largest absolute Gasteiger partial charge is 0.491 e. The normalized spacial score (nSPS) is 17.9. The molecule has 12 heteroatoms. The molecule has 3 atom stereocenters. The minimum Gasteiger partial charge on any atom is -0.491 e. The van der Waals surface area contributed by atoms with Crippen LogP contribution in [0.15, 0.2) is 48.5 Å². The number of carbonyl (C=O) groups is 4. The van der Waals surface area contributed by atoms with Crippen molar-refractivity contribution in [3.05, 3.63) is 64.7 Å². The second-order valence-corrected chi connectivity index (χ2v) is 13.9. The molecule has 1 aliphatic heterocycles. The summed E-state index contributed by atoms with van der Waals surface area (Å²) in [5.41, 5.74) is 1.66. The lowest BCUT2D eigenvalue weighted by molar-refractivity contribution is -0.137. The van der Waals surface area contributed by atoms with Crippen molar-refractivity contribution in [2.24, 2.45) is 11.8 Å². The second kappa shape index (κ2) is 16.3. The first-order valence-electron chi connectivity index (χ1n) is 15.0. The highest BCUT2D eigenvalue weighted by Crippen LogP contribution is 2.31. The van der Waals surface area contributed by atoms with E-state index in [1.54, 1.807) is 36.1 Å². The summed E-state index contributed by atoms with van der Waals surface area (Å²) >= 11 is 6.98. The zero-order valence-electron chi connectivity index (χ0n) is 24.9. The number of amides is 3. The van der Waals surface area contributed by atoms with Crippen LogP contribution < -0.4 is 14.8 Å². The molecule has 0 spiro atoms. The fourth-order valence-electron chi connectivity index (χ4n) is 5.68. The number of ether oxygens (including phenoxy) is 2. The molecular weight excluding hydrogens is 618 g/mol. The first kappa shape index (κ1) is 33.9. The van der Waals surface area contributed by atoms with E-state index in [1.165, 1.54) is 6.42 Å². The molecule has 2 aromatic carbocycles. The summed E-state index contributed by atoms with van der Waals surface area (Å²) in [6.45, 7) is 2.96. The Morgan fingerprint density at radius 1 is 1.18 bits per heavy atom. The number of aldehydes is 1. The molecule has 0 saturated heterocycles. The molecule has 4 rings (SSSR count). The molecule has 1 aliphatic carbocycles. The Labute approximate surface area is 271 Å². The van der Waals surface area contributed by atoms with Crippen molar-refractivity contribution in [2.75, 3.05) is 13.2 Å². The first-order valence-corrected chi connectivity index (χ1v) is 16.8. The number of hydrogen-bond donors (Lipinski definition) is 2. The molecule has 1 heterocycles. The van der Waals surface area contributed by atoms with Crippen LogP contribution >= 0.6 is 23.5 Å². The number of hydrogen-bond acceptors (Lipinski definition) is 7. The molecule has 0 aromatic heterocycles. The standard InChI is InChI=1S/C32H39ClN3O6SSi/c1-22(30(39)36-14-15-41-27-13-6-5-11-25(27)19-36)18-32(44,21-37)34-29(38)28(17-23-8-3-2-4-9-23)43-35-31(40)42-20-24-10-7-12-26(33)16-24/h5-7,10-13,16,21-23,28H,2-4,8-9,14-15,17-20H2,1H3,(H,34,38)(H,35,40)/t22?,28-,32-/m0/s1. The van der Waals surface area contributed by atoms with Gasteiger partial charge in [-0.15, -0.1) is 0 Å². The molecule has 235 valence electrons. The van der Waals surface area contributed by atoms with Crippen molar-refractivity contribution < 1.29 is 28.7 Å². The Morgan fingerprint density at radius 3 is 2.70 bits per heavy atom. The molecule has 3 radical (unpaired) electrons. The third-order valence-corrected chi connectivity index (χ3v) is 9.63. The quantitative estimate of drug-likeness (QED) is 0.184. The Bertz CT molecular complexity index is 1310. The van der Waals surface area contributed by atoms with Gasteiger partial charge in [-0.1, -0.05) is 81.0 Å². The molecule has 1 fully saturated rings. The number of benzene rings is 2. The lowest BCUT2D eigenvalue weighted by Gasteiger charge is -2.32. The third-order valence-electron chi connectivity index (χ3n) is 7.97. The summed E-state index contributed by atoms with van der Waals surface area (Å²) in [6, 6.07) is 14.6. The van der Waals surface area contributed by atoms with Crippen molar-refractivity contribution in [1.29, 1.82) is 0 Å². The topological polar surface area (TPSA) is 114 Å². The summed E-state index contributed by atoms with van der Waals surface area (Å²) in [5.74, 6) is -0.0399. The predicted octanol–water partition coefficient (Wildman–Crippen LogP) is 5.18. The van der Waals surface area contributed by atoms with Crippen LogP contribution in [0.4, 0.5) is 4.79 Å². The van der Waals surface area contributed by atoms with Gasteiger partial charge in [-0.3, -0.25) is 14.3 Å². The molecule has 2 aliphatic rings. The van der Waals surface area contributed by atoms with Crippen molar-refractivity contribution in [1.82, 2.24) is 14.9 Å². The lowest BCUT2D eigenvalue weighted by Crippen LogP contribution is -2.55. The maximum absolute atomic E-state index is 13.6. The van der Waals surface area contributed by atoms with Crippen LogP contribution in [0.25, 0.3) is 0 Å². The fourth-order valence-corrected chi connectivity index (χ4v) is 7.16. The Hall–Kier alpha value is -3.02. The van der Waals surface area contributed by atoms with Gasteiger partial charge in [-0.25, -0.2) is 4.79 Å². The molecule has 44 heavy (non-hydrogen) atoms. The van der Waals surface area contributed by atoms with Crippen molar-refractivity contribution >= 4 is 58.0 Å². The minimum absolute atomic E-state index is 0.0302. The summed E-state index contributed by atoms with van der Waals surface area (Å²) < 4.78 is 13.7. The predicted molar refractivity (Wildman–Crippen MR) is 171 cm³/mol. The van der Waals surface area contributed by atoms with Gasteiger partial charge in [-0.05, 0) is 54.5 Å². The summed E-state index contributed by atoms with van der Waals surface area (Å²) in [6.07, 6.45) is 5.89. The van der Waals surface area contributed by atoms with E-state index in [-0.39, 0.29) is 18.9 Å². The summed E-state index contributed by atoms with van der Waals surface area (Å²) in [7, 11) is 3.49. The first-order chi connectivity index (χ1) is 21.2. The highest BCUT2D eigenvalue weighted by Gasteiger charge is 2.36. The van der Waals surface area contributed by atoms with Crippen molar-refractivity contribution in [2.45, 2.75) is 75.4 Å². The van der Waals surface area contributed by atoms with E-state index in [1.807, 2.05) is 24.3 Å². The lowest BCUT2D eigenvalue weighted by atomic mass is 9.86. The van der Waals surface area contributed by atoms with Gasteiger partial charge in [0.1, 0.15) is 30.5 Å². The second-order valence-electron chi connectivity index (χ2n) is 11.6. The third kappa shape index (κ3) is 10.00. The number of fused-ring (bicyclic) bond motifs is 1. The van der Waals surface area contributed by atoms with Crippen LogP contribution in [-0.2, 0) is 32.3 Å². The molecule has 2 aromatic rings. The Morgan fingerprint density at radius 2 is 1.95 bits per heavy atom. The van der Waals surface area contributed by atoms with Gasteiger partial charge >= 0.3 is 6.09 Å². The number of para-hydroxylation sites is 1. The molecule has 2 N–H and O–H groups in total. The zero-order chi connectivity index (χ0) is 31.5. The van der Waals surface area contributed by atoms with E-state index in [2.05, 4.69) is 20.3 Å². The van der Waals surface area contributed by atoms with Gasteiger partial charge in [0.2, 0.25) is 11.8 Å². The van der Waals surface area contributed by atoms with E-state index < -0.39 is 28.3 Å². The van der Waals surface area contributed by atoms with Crippen molar-refractivity contribution in [3.63, 3.8) is 0 Å². The van der Waals surface area contributed by atoms with Gasteiger partial charge < -0.3 is 24.5 Å². The van der Waals surface area contributed by atoms with E-state index >= 15 is 0 Å². The Balaban J connectivity index is 1.36. The van der Waals surface area contributed by atoms with Crippen LogP contribution in [0, 0.1) is 11.8 Å². The van der Waals surface area contributed by atoms with E-state index in [4.69, 9.17) is 21.1 Å². The van der Waals surface area contributed by atoms with E-state index in [0.29, 0.717) is 43.3 Å². The molecule has 3 amide bonds. The van der Waals surface area contributed by atoms with Crippen LogP contribution in [0.2, 0.25) is 5.02 Å². The molecular formula is C32H39ClN3O6SSi. The van der Waals surface area contributed by atoms with E-state index in [0.717, 1.165) is 54.5 Å². The maximum Gasteiger partial charge on any atom is 0.417 e. The monoisotopic (exact) mass is 656 g/mol. The number of rotatable bonds is 12. The average molecular weight is 657 g/mol.